The van der Waals surface area contributed by atoms with E-state index < -0.39 is 0 Å². The summed E-state index contributed by atoms with van der Waals surface area (Å²) >= 11 is 4.07. The van der Waals surface area contributed by atoms with E-state index in [1.54, 1.807) is 37.5 Å². The first-order valence-corrected chi connectivity index (χ1v) is 7.02. The summed E-state index contributed by atoms with van der Waals surface area (Å²) in [5.74, 6) is -0.300. The summed E-state index contributed by atoms with van der Waals surface area (Å²) in [6, 6.07) is 10.7. The fraction of sp³-hybridized carbons (Fsp3) is 0.0625. The van der Waals surface area contributed by atoms with E-state index in [0.717, 1.165) is 10.8 Å². The molecule has 0 aliphatic carbocycles. The average Bonchev–Trinajstić information content (AvgIpc) is 2.98. The molecular weight excluding hydrogens is 298 g/mol. The molecule has 0 spiro atoms. The Morgan fingerprint density at radius 3 is 2.32 bits per heavy atom. The van der Waals surface area contributed by atoms with Crippen molar-refractivity contribution in [2.45, 2.75) is 0 Å². The van der Waals surface area contributed by atoms with E-state index in [4.69, 9.17) is 0 Å². The van der Waals surface area contributed by atoms with Gasteiger partial charge in [0.25, 0.3) is 5.91 Å². The number of carbonyl (C=O) groups is 2. The van der Waals surface area contributed by atoms with Crippen LogP contribution in [0.1, 0.15) is 26.4 Å². The average molecular weight is 311 g/mol. The molecule has 0 saturated heterocycles. The van der Waals surface area contributed by atoms with Crippen LogP contribution in [0, 0.1) is 0 Å². The molecule has 0 saturated carbocycles. The van der Waals surface area contributed by atoms with Gasteiger partial charge in [0.05, 0.1) is 0 Å². The van der Waals surface area contributed by atoms with Gasteiger partial charge >= 0.3 is 0 Å². The number of amides is 1. The number of hydrogen-bond donors (Lipinski definition) is 2. The Balaban J connectivity index is 2.00. The Kier molecular flexibility index (Phi) is 3.68. The van der Waals surface area contributed by atoms with Crippen LogP contribution < -0.4 is 5.32 Å². The lowest BCUT2D eigenvalue weighted by atomic mass is 10.0. The van der Waals surface area contributed by atoms with Crippen LogP contribution in [0.5, 0.6) is 0 Å². The van der Waals surface area contributed by atoms with E-state index in [9.17, 15) is 9.59 Å². The highest BCUT2D eigenvalue weighted by atomic mass is 32.1. The van der Waals surface area contributed by atoms with E-state index in [-0.39, 0.29) is 11.7 Å². The minimum Gasteiger partial charge on any atom is -0.355 e. The van der Waals surface area contributed by atoms with E-state index in [0.29, 0.717) is 16.8 Å². The van der Waals surface area contributed by atoms with Crippen LogP contribution in [0.2, 0.25) is 0 Å². The zero-order chi connectivity index (χ0) is 15.7. The highest BCUT2D eigenvalue weighted by Crippen LogP contribution is 2.20. The molecule has 0 unspecified atom stereocenters. The van der Waals surface area contributed by atoms with E-state index in [2.05, 4.69) is 23.1 Å². The van der Waals surface area contributed by atoms with Crippen molar-refractivity contribution in [3.8, 4) is 0 Å². The Morgan fingerprint density at radius 1 is 1.09 bits per heavy atom. The maximum atomic E-state index is 12.4. The molecule has 0 aliphatic rings. The lowest BCUT2D eigenvalue weighted by Crippen LogP contribution is -2.17. The monoisotopic (exact) mass is 311 g/mol. The fourth-order valence-electron chi connectivity index (χ4n) is 2.25. The first kappa shape index (κ1) is 14.3. The van der Waals surface area contributed by atoms with Gasteiger partial charge in [-0.1, -0.05) is 31.0 Å². The van der Waals surface area contributed by atoms with Gasteiger partial charge < -0.3 is 5.32 Å². The van der Waals surface area contributed by atoms with E-state index >= 15 is 0 Å². The van der Waals surface area contributed by atoms with Crippen LogP contribution in [0.25, 0.3) is 10.8 Å². The molecular formula is C16H13N3O2S. The molecule has 2 aromatic carbocycles. The van der Waals surface area contributed by atoms with Crippen LogP contribution in [0.3, 0.4) is 0 Å². The number of thiol groups is 1. The molecule has 0 atom stereocenters. The third kappa shape index (κ3) is 2.60. The molecule has 1 N–H and O–H groups in total. The van der Waals surface area contributed by atoms with Gasteiger partial charge in [0.2, 0.25) is 5.78 Å². The lowest BCUT2D eigenvalue weighted by Gasteiger charge is -2.04. The smallest absolute Gasteiger partial charge is 0.251 e. The molecule has 6 heteroatoms. The Morgan fingerprint density at radius 2 is 1.73 bits per heavy atom. The van der Waals surface area contributed by atoms with Crippen LogP contribution in [0.15, 0.2) is 48.9 Å². The fourth-order valence-corrected chi connectivity index (χ4v) is 2.41. The number of carbonyl (C=O) groups excluding carboxylic acids is 2. The summed E-state index contributed by atoms with van der Waals surface area (Å²) in [7, 11) is 1.59. The number of ketones is 1. The number of fused-ring (bicyclic) bond motifs is 1. The summed E-state index contributed by atoms with van der Waals surface area (Å²) in [6.07, 6.45) is 3.03. The van der Waals surface area contributed by atoms with Crippen LogP contribution in [-0.4, -0.2) is 27.7 Å². The molecule has 22 heavy (non-hydrogen) atoms. The number of nitrogens with zero attached hydrogens (tertiary/aromatic N) is 2. The molecule has 5 nitrogen and oxygen atoms in total. The predicted octanol–water partition coefficient (Wildman–Crippen LogP) is 2.32. The first-order valence-electron chi connectivity index (χ1n) is 6.62. The second kappa shape index (κ2) is 5.65. The standard InChI is InChI=1S/C16H13N3O2S/c1-17-16(21)13-5-3-10-6-12(4-2-11(10)7-13)15(20)14-8-19(22)9-18-14/h2-9,22H,1H3,(H,17,21). The molecule has 1 aromatic heterocycles. The Labute approximate surface area is 132 Å². The molecule has 110 valence electrons. The molecule has 0 aliphatic heterocycles. The molecule has 0 bridgehead atoms. The van der Waals surface area contributed by atoms with Crippen molar-refractivity contribution in [2.24, 2.45) is 0 Å². The van der Waals surface area contributed by atoms with Gasteiger partial charge in [-0.3, -0.25) is 13.6 Å². The van der Waals surface area contributed by atoms with Crippen molar-refractivity contribution in [1.82, 2.24) is 14.3 Å². The molecule has 0 fully saturated rings. The second-order valence-corrected chi connectivity index (χ2v) is 5.29. The van der Waals surface area contributed by atoms with Gasteiger partial charge in [-0.25, -0.2) is 4.98 Å². The highest BCUT2D eigenvalue weighted by molar-refractivity contribution is 7.78. The van der Waals surface area contributed by atoms with Crippen LogP contribution in [-0.2, 0) is 0 Å². The Hall–Kier alpha value is -2.60. The first-order chi connectivity index (χ1) is 10.6. The maximum Gasteiger partial charge on any atom is 0.251 e. The number of benzene rings is 2. The zero-order valence-corrected chi connectivity index (χ0v) is 12.7. The third-order valence-electron chi connectivity index (χ3n) is 3.39. The summed E-state index contributed by atoms with van der Waals surface area (Å²) in [5.41, 5.74) is 1.48. The van der Waals surface area contributed by atoms with Gasteiger partial charge in [-0.2, -0.15) is 0 Å². The quantitative estimate of drug-likeness (QED) is 0.576. The predicted molar refractivity (Wildman–Crippen MR) is 87.4 cm³/mol. The van der Waals surface area contributed by atoms with Gasteiger partial charge in [0.15, 0.2) is 0 Å². The second-order valence-electron chi connectivity index (χ2n) is 4.82. The van der Waals surface area contributed by atoms with Gasteiger partial charge in [-0.05, 0) is 29.0 Å². The van der Waals surface area contributed by atoms with E-state index in [1.165, 1.54) is 10.3 Å². The van der Waals surface area contributed by atoms with Crippen molar-refractivity contribution in [2.75, 3.05) is 7.05 Å². The number of rotatable bonds is 3. The number of imidazole rings is 1. The molecule has 1 heterocycles. The lowest BCUT2D eigenvalue weighted by molar-refractivity contribution is 0.0962. The number of aromatic nitrogens is 2. The SMILES string of the molecule is CNC(=O)c1ccc2cc(C(=O)c3cn(S)cn3)ccc2c1. The van der Waals surface area contributed by atoms with Crippen molar-refractivity contribution in [1.29, 1.82) is 0 Å². The third-order valence-corrected chi connectivity index (χ3v) is 3.61. The van der Waals surface area contributed by atoms with Gasteiger partial charge in [-0.15, -0.1) is 0 Å². The number of nitrogens with one attached hydrogen (secondary N) is 1. The summed E-state index contributed by atoms with van der Waals surface area (Å²) in [4.78, 5) is 28.0. The molecule has 1 amide bonds. The van der Waals surface area contributed by atoms with Crippen LogP contribution >= 0.6 is 12.8 Å². The van der Waals surface area contributed by atoms with Crippen molar-refractivity contribution in [3.63, 3.8) is 0 Å². The van der Waals surface area contributed by atoms with Crippen molar-refractivity contribution >= 4 is 35.3 Å². The minimum atomic E-state index is -0.162. The highest BCUT2D eigenvalue weighted by Gasteiger charge is 2.13. The normalized spacial score (nSPS) is 10.6. The Bertz CT molecular complexity index is 886. The summed E-state index contributed by atoms with van der Waals surface area (Å²) in [6.45, 7) is 0. The largest absolute Gasteiger partial charge is 0.355 e. The van der Waals surface area contributed by atoms with Gasteiger partial charge in [0.1, 0.15) is 12.0 Å². The van der Waals surface area contributed by atoms with Crippen molar-refractivity contribution < 1.29 is 9.59 Å². The number of hydrogen-bond acceptors (Lipinski definition) is 4. The minimum absolute atomic E-state index is 0.138. The summed E-state index contributed by atoms with van der Waals surface area (Å²) < 4.78 is 1.43. The summed E-state index contributed by atoms with van der Waals surface area (Å²) in [5, 5.41) is 4.38. The van der Waals surface area contributed by atoms with Crippen molar-refractivity contribution in [3.05, 3.63) is 65.7 Å². The van der Waals surface area contributed by atoms with Crippen LogP contribution in [0.4, 0.5) is 0 Å². The maximum absolute atomic E-state index is 12.4. The molecule has 0 radical (unpaired) electrons. The molecule has 3 aromatic rings. The zero-order valence-electron chi connectivity index (χ0n) is 11.8. The van der Waals surface area contributed by atoms with E-state index in [1.807, 2.05) is 12.1 Å². The topological polar surface area (TPSA) is 64.0 Å². The molecule has 3 rings (SSSR count). The van der Waals surface area contributed by atoms with Gasteiger partial charge in [0, 0.05) is 24.4 Å².